The molecule has 0 aromatic heterocycles. The van der Waals surface area contributed by atoms with E-state index in [1.807, 2.05) is 0 Å². The summed E-state index contributed by atoms with van der Waals surface area (Å²) < 4.78 is 0. The largest absolute Gasteiger partial charge is 0.391 e. The maximum absolute atomic E-state index is 10.7. The van der Waals surface area contributed by atoms with Crippen molar-refractivity contribution in [1.29, 1.82) is 0 Å². The number of nitrogens with zero attached hydrogens (tertiary/aromatic N) is 1. The monoisotopic (exact) mass is 241 g/mol. The molecule has 1 atom stereocenters. The van der Waals surface area contributed by atoms with Crippen molar-refractivity contribution in [2.75, 3.05) is 13.1 Å². The molecular weight excluding hydrogens is 210 g/mol. The summed E-state index contributed by atoms with van der Waals surface area (Å²) in [6.07, 6.45) is 7.56. The number of aliphatic hydroxyl groups is 1. The van der Waals surface area contributed by atoms with Crippen LogP contribution in [-0.2, 0) is 0 Å². The number of rotatable bonds is 5. The van der Waals surface area contributed by atoms with Crippen LogP contribution in [0.25, 0.3) is 0 Å². The zero-order chi connectivity index (χ0) is 12.9. The third kappa shape index (κ3) is 3.69. The van der Waals surface area contributed by atoms with Gasteiger partial charge in [-0.3, -0.25) is 4.90 Å². The summed E-state index contributed by atoms with van der Waals surface area (Å²) in [5, 5.41) is 10.7. The van der Waals surface area contributed by atoms with Gasteiger partial charge in [-0.15, -0.1) is 0 Å². The van der Waals surface area contributed by atoms with E-state index >= 15 is 0 Å². The SMILES string of the molecule is CCN(CC)C(C)(C)C(O)C1CCCCCC1. The smallest absolute Gasteiger partial charge is 0.0746 e. The minimum Gasteiger partial charge on any atom is -0.391 e. The normalized spacial score (nSPS) is 21.5. The second kappa shape index (κ2) is 6.75. The second-order valence-electron chi connectivity index (χ2n) is 6.02. The summed E-state index contributed by atoms with van der Waals surface area (Å²) in [4.78, 5) is 2.39. The summed E-state index contributed by atoms with van der Waals surface area (Å²) in [5.74, 6) is 0.507. The molecule has 1 saturated carbocycles. The van der Waals surface area contributed by atoms with Crippen molar-refractivity contribution >= 4 is 0 Å². The zero-order valence-electron chi connectivity index (χ0n) is 12.2. The first kappa shape index (κ1) is 15.0. The predicted molar refractivity (Wildman–Crippen MR) is 74.2 cm³/mol. The first-order chi connectivity index (χ1) is 8.04. The molecule has 1 rings (SSSR count). The van der Waals surface area contributed by atoms with Crippen LogP contribution in [0.3, 0.4) is 0 Å². The second-order valence-corrected chi connectivity index (χ2v) is 6.02. The van der Waals surface area contributed by atoms with Crippen LogP contribution in [0.4, 0.5) is 0 Å². The molecule has 17 heavy (non-hydrogen) atoms. The van der Waals surface area contributed by atoms with Crippen molar-refractivity contribution < 1.29 is 5.11 Å². The lowest BCUT2D eigenvalue weighted by molar-refractivity contribution is -0.0420. The maximum atomic E-state index is 10.7. The number of hydrogen-bond donors (Lipinski definition) is 1. The quantitative estimate of drug-likeness (QED) is 0.745. The van der Waals surface area contributed by atoms with Crippen LogP contribution in [-0.4, -0.2) is 34.7 Å². The minimum absolute atomic E-state index is 0.0848. The van der Waals surface area contributed by atoms with Gasteiger partial charge in [0.05, 0.1) is 6.10 Å². The Morgan fingerprint density at radius 2 is 1.53 bits per heavy atom. The van der Waals surface area contributed by atoms with E-state index in [1.54, 1.807) is 0 Å². The molecular formula is C15H31NO. The Hall–Kier alpha value is -0.0800. The van der Waals surface area contributed by atoms with Crippen molar-refractivity contribution in [2.24, 2.45) is 5.92 Å². The van der Waals surface area contributed by atoms with Gasteiger partial charge < -0.3 is 5.11 Å². The van der Waals surface area contributed by atoms with Crippen LogP contribution in [0.2, 0.25) is 0 Å². The molecule has 0 heterocycles. The van der Waals surface area contributed by atoms with Crippen molar-refractivity contribution in [1.82, 2.24) is 4.90 Å². The molecule has 0 saturated heterocycles. The molecule has 0 aliphatic heterocycles. The molecule has 2 heteroatoms. The van der Waals surface area contributed by atoms with Crippen LogP contribution >= 0.6 is 0 Å². The molecule has 1 fully saturated rings. The van der Waals surface area contributed by atoms with Crippen molar-refractivity contribution in [3.8, 4) is 0 Å². The van der Waals surface area contributed by atoms with Crippen LogP contribution in [0.15, 0.2) is 0 Å². The lowest BCUT2D eigenvalue weighted by atomic mass is 9.81. The lowest BCUT2D eigenvalue weighted by Crippen LogP contribution is -2.54. The topological polar surface area (TPSA) is 23.5 Å². The van der Waals surface area contributed by atoms with Gasteiger partial charge in [-0.05, 0) is 45.7 Å². The molecule has 0 spiro atoms. The molecule has 1 N–H and O–H groups in total. The summed E-state index contributed by atoms with van der Waals surface area (Å²) in [7, 11) is 0. The Bertz CT molecular complexity index is 203. The molecule has 0 radical (unpaired) electrons. The molecule has 102 valence electrons. The number of hydrogen-bond acceptors (Lipinski definition) is 2. The van der Waals surface area contributed by atoms with E-state index in [0.717, 1.165) is 13.1 Å². The van der Waals surface area contributed by atoms with Gasteiger partial charge in [0.25, 0.3) is 0 Å². The van der Waals surface area contributed by atoms with Crippen molar-refractivity contribution in [3.05, 3.63) is 0 Å². The average molecular weight is 241 g/mol. The van der Waals surface area contributed by atoms with Gasteiger partial charge in [0.15, 0.2) is 0 Å². The Morgan fingerprint density at radius 3 is 1.94 bits per heavy atom. The van der Waals surface area contributed by atoms with Crippen LogP contribution in [0, 0.1) is 5.92 Å². The van der Waals surface area contributed by atoms with E-state index in [9.17, 15) is 5.11 Å². The fraction of sp³-hybridized carbons (Fsp3) is 1.00. The summed E-state index contributed by atoms with van der Waals surface area (Å²) in [6.45, 7) is 10.8. The third-order valence-corrected chi connectivity index (χ3v) is 4.65. The van der Waals surface area contributed by atoms with Gasteiger partial charge in [0.2, 0.25) is 0 Å². The van der Waals surface area contributed by atoms with Gasteiger partial charge >= 0.3 is 0 Å². The molecule has 1 aliphatic carbocycles. The van der Waals surface area contributed by atoms with Crippen molar-refractivity contribution in [3.63, 3.8) is 0 Å². The molecule has 0 bridgehead atoms. The van der Waals surface area contributed by atoms with E-state index in [2.05, 4.69) is 32.6 Å². The summed E-state index contributed by atoms with van der Waals surface area (Å²) in [5.41, 5.74) is -0.0848. The Morgan fingerprint density at radius 1 is 1.06 bits per heavy atom. The fourth-order valence-corrected chi connectivity index (χ4v) is 3.43. The zero-order valence-corrected chi connectivity index (χ0v) is 12.2. The highest BCUT2D eigenvalue weighted by Crippen LogP contribution is 2.32. The van der Waals surface area contributed by atoms with Gasteiger partial charge in [-0.2, -0.15) is 0 Å². The van der Waals surface area contributed by atoms with Gasteiger partial charge in [0, 0.05) is 5.54 Å². The van der Waals surface area contributed by atoms with Gasteiger partial charge in [-0.25, -0.2) is 0 Å². The standard InChI is InChI=1S/C15H31NO/c1-5-16(6-2)15(3,4)14(17)13-11-9-7-8-10-12-13/h13-14,17H,5-12H2,1-4H3. The van der Waals surface area contributed by atoms with E-state index in [4.69, 9.17) is 0 Å². The number of likely N-dealkylation sites (N-methyl/N-ethyl adjacent to an activating group) is 1. The van der Waals surface area contributed by atoms with E-state index in [0.29, 0.717) is 5.92 Å². The maximum Gasteiger partial charge on any atom is 0.0746 e. The Kier molecular flexibility index (Phi) is 5.94. The van der Waals surface area contributed by atoms with Crippen LogP contribution in [0.5, 0.6) is 0 Å². The molecule has 0 aromatic carbocycles. The third-order valence-electron chi connectivity index (χ3n) is 4.65. The molecule has 1 aliphatic rings. The summed E-state index contributed by atoms with van der Waals surface area (Å²) >= 11 is 0. The average Bonchev–Trinajstić information content (AvgIpc) is 2.57. The van der Waals surface area contributed by atoms with Crippen LogP contribution in [0.1, 0.15) is 66.2 Å². The molecule has 2 nitrogen and oxygen atoms in total. The highest BCUT2D eigenvalue weighted by Gasteiger charge is 2.37. The Balaban J connectivity index is 2.67. The van der Waals surface area contributed by atoms with E-state index in [-0.39, 0.29) is 11.6 Å². The van der Waals surface area contributed by atoms with Gasteiger partial charge in [-0.1, -0.05) is 39.5 Å². The predicted octanol–water partition coefficient (Wildman–Crippen LogP) is 3.44. The van der Waals surface area contributed by atoms with Gasteiger partial charge in [0.1, 0.15) is 0 Å². The van der Waals surface area contributed by atoms with Crippen molar-refractivity contribution in [2.45, 2.75) is 77.9 Å². The summed E-state index contributed by atoms with van der Waals surface area (Å²) in [6, 6.07) is 0. The Labute approximate surface area is 107 Å². The highest BCUT2D eigenvalue weighted by molar-refractivity contribution is 4.92. The molecule has 1 unspecified atom stereocenters. The first-order valence-corrected chi connectivity index (χ1v) is 7.47. The molecule has 0 aromatic rings. The van der Waals surface area contributed by atoms with Crippen LogP contribution < -0.4 is 0 Å². The minimum atomic E-state index is -0.180. The highest BCUT2D eigenvalue weighted by atomic mass is 16.3. The molecule has 0 amide bonds. The van der Waals surface area contributed by atoms with E-state index in [1.165, 1.54) is 38.5 Å². The van der Waals surface area contributed by atoms with E-state index < -0.39 is 0 Å². The first-order valence-electron chi connectivity index (χ1n) is 7.47. The fourth-order valence-electron chi connectivity index (χ4n) is 3.43. The lowest BCUT2D eigenvalue weighted by Gasteiger charge is -2.44. The number of aliphatic hydroxyl groups excluding tert-OH is 1.